The van der Waals surface area contributed by atoms with Crippen LogP contribution in [0, 0.1) is 6.92 Å². The fourth-order valence-electron chi connectivity index (χ4n) is 1.57. The normalized spacial score (nSPS) is 10.4. The van der Waals surface area contributed by atoms with Crippen LogP contribution in [0.5, 0.6) is 0 Å². The van der Waals surface area contributed by atoms with E-state index in [1.165, 1.54) is 22.7 Å². The van der Waals surface area contributed by atoms with E-state index in [4.69, 9.17) is 10.5 Å². The molecular weight excluding hydrogens is 282 g/mol. The van der Waals surface area contributed by atoms with Crippen molar-refractivity contribution < 1.29 is 9.53 Å². The van der Waals surface area contributed by atoms with Crippen LogP contribution >= 0.6 is 22.9 Å². The number of aryl methyl sites for hydroxylation is 1. The average Bonchev–Trinajstić information content (AvgIpc) is 2.93. The van der Waals surface area contributed by atoms with Crippen molar-refractivity contribution in [2.45, 2.75) is 20.4 Å². The van der Waals surface area contributed by atoms with E-state index < -0.39 is 5.97 Å². The number of nitrogen functional groups attached to an aromatic ring is 1. The summed E-state index contributed by atoms with van der Waals surface area (Å²) < 4.78 is 8.98. The quantitative estimate of drug-likeness (QED) is 0.830. The zero-order chi connectivity index (χ0) is 13.8. The molecule has 0 bridgehead atoms. The summed E-state index contributed by atoms with van der Waals surface area (Å²) in [5, 5.41) is 8.02. The molecule has 19 heavy (non-hydrogen) atoms. The maximum atomic E-state index is 11.8. The lowest BCUT2D eigenvalue weighted by atomic mass is 10.2. The number of aromatic nitrogens is 1. The Kier molecular flexibility index (Phi) is 4.39. The molecule has 0 amide bonds. The topological polar surface area (TPSA) is 77.2 Å². The summed E-state index contributed by atoms with van der Waals surface area (Å²) in [6.07, 6.45) is 0. The summed E-state index contributed by atoms with van der Waals surface area (Å²) in [6.45, 7) is 4.77. The molecule has 0 aromatic carbocycles. The van der Waals surface area contributed by atoms with Crippen LogP contribution in [0.4, 0.5) is 10.8 Å². The largest absolute Gasteiger partial charge is 0.462 e. The Morgan fingerprint density at radius 1 is 1.53 bits per heavy atom. The van der Waals surface area contributed by atoms with Crippen LogP contribution in [0.25, 0.3) is 0 Å². The molecule has 7 heteroatoms. The van der Waals surface area contributed by atoms with Gasteiger partial charge in [0.2, 0.25) is 0 Å². The third-order valence-corrected chi connectivity index (χ3v) is 4.33. The molecular formula is C12H15N3O2S2. The van der Waals surface area contributed by atoms with E-state index >= 15 is 0 Å². The first-order valence-corrected chi connectivity index (χ1v) is 7.53. The molecule has 2 aromatic heterocycles. The maximum absolute atomic E-state index is 11.8. The van der Waals surface area contributed by atoms with Gasteiger partial charge in [-0.2, -0.15) is 15.7 Å². The van der Waals surface area contributed by atoms with Crippen LogP contribution in [0.3, 0.4) is 0 Å². The molecule has 0 aliphatic carbocycles. The van der Waals surface area contributed by atoms with Crippen LogP contribution in [0.2, 0.25) is 0 Å². The minimum absolute atomic E-state index is 0.216. The van der Waals surface area contributed by atoms with Crippen molar-refractivity contribution in [3.63, 3.8) is 0 Å². The van der Waals surface area contributed by atoms with Crippen LogP contribution in [-0.2, 0) is 11.3 Å². The zero-order valence-corrected chi connectivity index (χ0v) is 12.4. The van der Waals surface area contributed by atoms with Crippen LogP contribution < -0.4 is 11.1 Å². The number of nitrogens with one attached hydrogen (secondary N) is 1. The van der Waals surface area contributed by atoms with Gasteiger partial charge in [-0.3, -0.25) is 0 Å². The number of thiophene rings is 1. The van der Waals surface area contributed by atoms with Crippen LogP contribution in [0.15, 0.2) is 10.8 Å². The van der Waals surface area contributed by atoms with Crippen molar-refractivity contribution in [1.29, 1.82) is 0 Å². The Hall–Kier alpha value is -1.60. The molecule has 2 aromatic rings. The number of anilines is 2. The number of nitrogens with zero attached hydrogens (tertiary/aromatic N) is 1. The number of hydrogen-bond donors (Lipinski definition) is 2. The molecule has 0 atom stereocenters. The lowest BCUT2D eigenvalue weighted by molar-refractivity contribution is 0.0529. The third kappa shape index (κ3) is 3.05. The second kappa shape index (κ2) is 6.03. The molecule has 0 aliphatic heterocycles. The van der Waals surface area contributed by atoms with E-state index in [9.17, 15) is 4.79 Å². The number of nitrogens with two attached hydrogens (primary N) is 1. The summed E-state index contributed by atoms with van der Waals surface area (Å²) in [4.78, 5) is 11.8. The van der Waals surface area contributed by atoms with E-state index in [0.29, 0.717) is 23.7 Å². The van der Waals surface area contributed by atoms with Gasteiger partial charge in [-0.05, 0) is 47.3 Å². The number of carbonyl (C=O) groups is 1. The van der Waals surface area contributed by atoms with Crippen molar-refractivity contribution in [2.24, 2.45) is 0 Å². The standard InChI is InChI=1S/C12H15N3O2S2/c1-3-17-12(16)9-10(13)15-19-11(9)14-4-8-6-18-5-7(8)2/h5-6,14H,3-4H2,1-2H3,(H2,13,15). The van der Waals surface area contributed by atoms with E-state index in [0.717, 1.165) is 0 Å². The van der Waals surface area contributed by atoms with Gasteiger partial charge in [0.15, 0.2) is 5.82 Å². The van der Waals surface area contributed by atoms with Crippen LogP contribution in [-0.4, -0.2) is 16.9 Å². The lowest BCUT2D eigenvalue weighted by Gasteiger charge is -2.06. The zero-order valence-electron chi connectivity index (χ0n) is 10.7. The molecule has 0 spiro atoms. The monoisotopic (exact) mass is 297 g/mol. The predicted octanol–water partition coefficient (Wildman–Crippen LogP) is 2.88. The van der Waals surface area contributed by atoms with Gasteiger partial charge in [-0.1, -0.05) is 0 Å². The second-order valence-corrected chi connectivity index (χ2v) is 5.44. The summed E-state index contributed by atoms with van der Waals surface area (Å²) in [5.74, 6) is -0.216. The van der Waals surface area contributed by atoms with Gasteiger partial charge in [0.25, 0.3) is 0 Å². The minimum atomic E-state index is -0.432. The summed E-state index contributed by atoms with van der Waals surface area (Å²) in [6, 6.07) is 0. The van der Waals surface area contributed by atoms with Gasteiger partial charge >= 0.3 is 5.97 Å². The average molecular weight is 297 g/mol. The summed E-state index contributed by atoms with van der Waals surface area (Å²) >= 11 is 2.83. The van der Waals surface area contributed by atoms with E-state index in [1.807, 2.05) is 0 Å². The van der Waals surface area contributed by atoms with Gasteiger partial charge in [-0.15, -0.1) is 0 Å². The van der Waals surface area contributed by atoms with E-state index in [1.54, 1.807) is 18.3 Å². The highest BCUT2D eigenvalue weighted by Crippen LogP contribution is 2.28. The highest BCUT2D eigenvalue weighted by molar-refractivity contribution is 7.11. The molecule has 2 heterocycles. The smallest absolute Gasteiger partial charge is 0.344 e. The molecule has 3 N–H and O–H groups in total. The summed E-state index contributed by atoms with van der Waals surface area (Å²) in [7, 11) is 0. The number of hydrogen-bond acceptors (Lipinski definition) is 7. The first kappa shape index (κ1) is 13.8. The van der Waals surface area contributed by atoms with Gasteiger partial charge in [-0.25, -0.2) is 4.79 Å². The molecule has 2 rings (SSSR count). The number of rotatable bonds is 5. The molecule has 0 unspecified atom stereocenters. The Labute approximate surface area is 119 Å². The third-order valence-electron chi connectivity index (χ3n) is 2.60. The lowest BCUT2D eigenvalue weighted by Crippen LogP contribution is -2.10. The van der Waals surface area contributed by atoms with Gasteiger partial charge in [0.1, 0.15) is 10.6 Å². The minimum Gasteiger partial charge on any atom is -0.462 e. The van der Waals surface area contributed by atoms with Crippen LogP contribution in [0.1, 0.15) is 28.4 Å². The Bertz CT molecular complexity index is 577. The highest BCUT2D eigenvalue weighted by Gasteiger charge is 2.20. The first-order valence-electron chi connectivity index (χ1n) is 5.81. The van der Waals surface area contributed by atoms with E-state index in [-0.39, 0.29) is 5.82 Å². The fraction of sp³-hybridized carbons (Fsp3) is 0.333. The van der Waals surface area contributed by atoms with Crippen molar-refractivity contribution in [3.8, 4) is 0 Å². The van der Waals surface area contributed by atoms with Crippen molar-refractivity contribution in [1.82, 2.24) is 4.37 Å². The molecule has 0 saturated heterocycles. The predicted molar refractivity (Wildman–Crippen MR) is 78.9 cm³/mol. The Balaban J connectivity index is 2.13. The van der Waals surface area contributed by atoms with Gasteiger partial charge in [0, 0.05) is 6.54 Å². The molecule has 0 fully saturated rings. The van der Waals surface area contributed by atoms with Gasteiger partial charge < -0.3 is 15.8 Å². The molecule has 5 nitrogen and oxygen atoms in total. The van der Waals surface area contributed by atoms with Crippen molar-refractivity contribution >= 4 is 39.7 Å². The van der Waals surface area contributed by atoms with E-state index in [2.05, 4.69) is 27.4 Å². The fourth-order valence-corrected chi connectivity index (χ4v) is 3.12. The maximum Gasteiger partial charge on any atom is 0.344 e. The molecule has 0 aliphatic rings. The van der Waals surface area contributed by atoms with Gasteiger partial charge in [0.05, 0.1) is 6.61 Å². The Morgan fingerprint density at radius 3 is 2.95 bits per heavy atom. The first-order chi connectivity index (χ1) is 9.13. The number of carbonyl (C=O) groups excluding carboxylic acids is 1. The Morgan fingerprint density at radius 2 is 2.32 bits per heavy atom. The molecule has 0 radical (unpaired) electrons. The highest BCUT2D eigenvalue weighted by atomic mass is 32.1. The SMILES string of the molecule is CCOC(=O)c1c(N)nsc1NCc1cscc1C. The second-order valence-electron chi connectivity index (χ2n) is 3.93. The van der Waals surface area contributed by atoms with Crippen molar-refractivity contribution in [3.05, 3.63) is 27.5 Å². The summed E-state index contributed by atoms with van der Waals surface area (Å²) in [5.41, 5.74) is 8.48. The number of ether oxygens (including phenoxy) is 1. The number of esters is 1. The molecule has 102 valence electrons. The molecule has 0 saturated carbocycles. The van der Waals surface area contributed by atoms with Crippen molar-refractivity contribution in [2.75, 3.05) is 17.7 Å².